The van der Waals surface area contributed by atoms with E-state index in [4.69, 9.17) is 0 Å². The van der Waals surface area contributed by atoms with Crippen molar-refractivity contribution in [2.45, 2.75) is 0 Å². The average molecular weight is 417 g/mol. The summed E-state index contributed by atoms with van der Waals surface area (Å²) in [5.74, 6) is -0.664. The Bertz CT molecular complexity index is 1250. The molecule has 31 heavy (non-hydrogen) atoms. The fourth-order valence-electron chi connectivity index (χ4n) is 4.10. The van der Waals surface area contributed by atoms with Gasteiger partial charge in [-0.3, -0.25) is 19.4 Å². The molecule has 0 saturated heterocycles. The molecule has 3 amide bonds. The fraction of sp³-hybridized carbons (Fsp3) is 0.208. The predicted octanol–water partition coefficient (Wildman–Crippen LogP) is 3.82. The van der Waals surface area contributed by atoms with Crippen LogP contribution in [-0.4, -0.2) is 66.5 Å². The largest absolute Gasteiger partial charge is 0.465 e. The van der Waals surface area contributed by atoms with Gasteiger partial charge in [-0.1, -0.05) is 30.3 Å². The minimum absolute atomic E-state index is 0.114. The zero-order chi connectivity index (χ0) is 22.3. The number of nitrogens with zero attached hydrogens (tertiary/aromatic N) is 3. The van der Waals surface area contributed by atoms with Crippen LogP contribution in [0, 0.1) is 0 Å². The van der Waals surface area contributed by atoms with Crippen LogP contribution >= 0.6 is 0 Å². The van der Waals surface area contributed by atoms with E-state index in [2.05, 4.69) is 6.58 Å². The number of rotatable bonds is 6. The molecule has 158 valence electrons. The summed E-state index contributed by atoms with van der Waals surface area (Å²) in [6.07, 6.45) is 0.409. The van der Waals surface area contributed by atoms with E-state index in [1.54, 1.807) is 30.3 Å². The Morgan fingerprint density at radius 2 is 1.84 bits per heavy atom. The van der Waals surface area contributed by atoms with E-state index in [9.17, 15) is 19.5 Å². The van der Waals surface area contributed by atoms with Gasteiger partial charge in [-0.2, -0.15) is 0 Å². The molecule has 3 aromatic rings. The van der Waals surface area contributed by atoms with Gasteiger partial charge < -0.3 is 10.0 Å². The molecule has 3 aromatic carbocycles. The highest BCUT2D eigenvalue weighted by Crippen LogP contribution is 2.39. The van der Waals surface area contributed by atoms with Gasteiger partial charge in [-0.15, -0.1) is 6.58 Å². The van der Waals surface area contributed by atoms with Gasteiger partial charge in [0.05, 0.1) is 11.3 Å². The summed E-state index contributed by atoms with van der Waals surface area (Å²) in [4.78, 5) is 42.9. The minimum Gasteiger partial charge on any atom is -0.465 e. The van der Waals surface area contributed by atoms with Gasteiger partial charge >= 0.3 is 6.09 Å². The molecule has 1 aliphatic heterocycles. The van der Waals surface area contributed by atoms with Crippen molar-refractivity contribution < 1.29 is 19.5 Å². The standard InChI is InChI=1S/C24H23N3O4/c1-4-11-26(24(30)31)19-10-6-8-16-18(19)14-15-7-5-9-17-20(15)21(16)23(29)27(22(17)28)13-12-25(2)3/h4-10,14H,1,11-13H2,2-3H3,(H,30,31). The molecule has 4 rings (SSSR count). The SMILES string of the molecule is C=CCN(C(=O)O)c1cccc2c3c4c(cccc4cc12)C(=O)N(CCN(C)C)C3=O. The van der Waals surface area contributed by atoms with E-state index >= 15 is 0 Å². The number of carboxylic acid groups (broad SMARTS) is 1. The average Bonchev–Trinajstić information content (AvgIpc) is 2.73. The fourth-order valence-corrected chi connectivity index (χ4v) is 4.10. The Hall–Kier alpha value is -3.71. The number of hydrogen-bond donors (Lipinski definition) is 1. The molecule has 1 aliphatic rings. The van der Waals surface area contributed by atoms with Gasteiger partial charge in [0.25, 0.3) is 11.8 Å². The topological polar surface area (TPSA) is 81.2 Å². The quantitative estimate of drug-likeness (QED) is 0.375. The van der Waals surface area contributed by atoms with Crippen molar-refractivity contribution in [1.29, 1.82) is 0 Å². The summed E-state index contributed by atoms with van der Waals surface area (Å²) in [6, 6.07) is 12.5. The molecule has 0 unspecified atom stereocenters. The second-order valence-corrected chi connectivity index (χ2v) is 7.77. The van der Waals surface area contributed by atoms with E-state index < -0.39 is 6.09 Å². The van der Waals surface area contributed by atoms with Gasteiger partial charge in [0, 0.05) is 36.0 Å². The Kier molecular flexibility index (Phi) is 5.20. The second kappa shape index (κ2) is 7.85. The summed E-state index contributed by atoms with van der Waals surface area (Å²) < 4.78 is 0. The van der Waals surface area contributed by atoms with Crippen molar-refractivity contribution in [3.8, 4) is 0 Å². The van der Waals surface area contributed by atoms with Crippen molar-refractivity contribution in [3.63, 3.8) is 0 Å². The van der Waals surface area contributed by atoms with Crippen LogP contribution in [0.2, 0.25) is 0 Å². The lowest BCUT2D eigenvalue weighted by atomic mass is 9.89. The molecular formula is C24H23N3O4. The number of anilines is 1. The smallest absolute Gasteiger partial charge is 0.412 e. The van der Waals surface area contributed by atoms with Gasteiger partial charge in [0.2, 0.25) is 0 Å². The maximum absolute atomic E-state index is 13.5. The summed E-state index contributed by atoms with van der Waals surface area (Å²) in [5.41, 5.74) is 1.39. The molecule has 0 radical (unpaired) electrons. The third kappa shape index (κ3) is 3.33. The molecule has 0 atom stereocenters. The predicted molar refractivity (Wildman–Crippen MR) is 121 cm³/mol. The number of carbonyl (C=O) groups excluding carboxylic acids is 2. The highest BCUT2D eigenvalue weighted by atomic mass is 16.4. The van der Waals surface area contributed by atoms with Gasteiger partial charge in [0.15, 0.2) is 0 Å². The first-order chi connectivity index (χ1) is 14.8. The number of hydrogen-bond acceptors (Lipinski definition) is 4. The van der Waals surface area contributed by atoms with Gasteiger partial charge in [-0.05, 0) is 43.1 Å². The number of likely N-dealkylation sites (N-methyl/N-ethyl adjacent to an activating group) is 1. The minimum atomic E-state index is -1.11. The first-order valence-corrected chi connectivity index (χ1v) is 9.96. The molecule has 0 saturated carbocycles. The van der Waals surface area contributed by atoms with E-state index in [1.807, 2.05) is 31.1 Å². The highest BCUT2D eigenvalue weighted by Gasteiger charge is 2.34. The summed E-state index contributed by atoms with van der Waals surface area (Å²) >= 11 is 0. The Balaban J connectivity index is 2.02. The lowest BCUT2D eigenvalue weighted by Gasteiger charge is -2.29. The van der Waals surface area contributed by atoms with Crippen molar-refractivity contribution in [1.82, 2.24) is 9.80 Å². The van der Waals surface area contributed by atoms with Crippen LogP contribution in [0.4, 0.5) is 10.5 Å². The van der Waals surface area contributed by atoms with Gasteiger partial charge in [0.1, 0.15) is 0 Å². The van der Waals surface area contributed by atoms with Crippen molar-refractivity contribution >= 4 is 45.1 Å². The number of carbonyl (C=O) groups is 3. The monoisotopic (exact) mass is 417 g/mol. The Morgan fingerprint density at radius 3 is 2.52 bits per heavy atom. The molecule has 1 heterocycles. The molecule has 0 bridgehead atoms. The van der Waals surface area contributed by atoms with E-state index in [0.29, 0.717) is 39.5 Å². The number of benzene rings is 3. The number of fused-ring (bicyclic) bond motifs is 2. The molecule has 0 fully saturated rings. The maximum Gasteiger partial charge on any atom is 0.412 e. The van der Waals surface area contributed by atoms with Crippen LogP contribution in [0.5, 0.6) is 0 Å². The normalized spacial score (nSPS) is 13.3. The van der Waals surface area contributed by atoms with Crippen molar-refractivity contribution in [3.05, 3.63) is 66.2 Å². The van der Waals surface area contributed by atoms with Crippen LogP contribution in [0.15, 0.2) is 55.1 Å². The van der Waals surface area contributed by atoms with Crippen LogP contribution in [0.1, 0.15) is 20.7 Å². The first kappa shape index (κ1) is 20.6. The van der Waals surface area contributed by atoms with Gasteiger partial charge in [-0.25, -0.2) is 4.79 Å². The van der Waals surface area contributed by atoms with E-state index in [0.717, 1.165) is 5.39 Å². The molecule has 1 N–H and O–H groups in total. The van der Waals surface area contributed by atoms with E-state index in [1.165, 1.54) is 15.9 Å². The summed E-state index contributed by atoms with van der Waals surface area (Å²) in [6.45, 7) is 4.58. The van der Waals surface area contributed by atoms with Crippen molar-refractivity contribution in [2.24, 2.45) is 0 Å². The molecular weight excluding hydrogens is 394 g/mol. The number of amides is 3. The third-order valence-corrected chi connectivity index (χ3v) is 5.54. The van der Waals surface area contributed by atoms with Crippen molar-refractivity contribution in [2.75, 3.05) is 38.6 Å². The summed E-state index contributed by atoms with van der Waals surface area (Å²) in [5, 5.41) is 12.3. The Labute approximate surface area is 179 Å². The first-order valence-electron chi connectivity index (χ1n) is 9.96. The zero-order valence-corrected chi connectivity index (χ0v) is 17.5. The second-order valence-electron chi connectivity index (χ2n) is 7.77. The molecule has 0 aromatic heterocycles. The molecule has 0 spiro atoms. The van der Waals surface area contributed by atoms with Crippen LogP contribution < -0.4 is 4.90 Å². The maximum atomic E-state index is 13.5. The molecule has 7 heteroatoms. The van der Waals surface area contributed by atoms with Crippen LogP contribution in [-0.2, 0) is 0 Å². The Morgan fingerprint density at radius 1 is 1.10 bits per heavy atom. The molecule has 7 nitrogen and oxygen atoms in total. The lowest BCUT2D eigenvalue weighted by Crippen LogP contribution is -2.43. The van der Waals surface area contributed by atoms with E-state index in [-0.39, 0.29) is 24.9 Å². The third-order valence-electron chi connectivity index (χ3n) is 5.54. The number of imide groups is 1. The van der Waals surface area contributed by atoms with Crippen LogP contribution in [0.25, 0.3) is 21.5 Å². The summed E-state index contributed by atoms with van der Waals surface area (Å²) in [7, 11) is 3.77. The van der Waals surface area contributed by atoms with Crippen LogP contribution in [0.3, 0.4) is 0 Å². The molecule has 0 aliphatic carbocycles. The highest BCUT2D eigenvalue weighted by molar-refractivity contribution is 6.31. The zero-order valence-electron chi connectivity index (χ0n) is 17.5. The lowest BCUT2D eigenvalue weighted by molar-refractivity contribution is 0.0602.